The summed E-state index contributed by atoms with van der Waals surface area (Å²) in [6, 6.07) is 8.22. The normalized spacial score (nSPS) is 11.6. The average Bonchev–Trinajstić information content (AvgIpc) is 2.94. The lowest BCUT2D eigenvalue weighted by atomic mass is 9.94. The molecule has 3 rings (SSSR count). The molecule has 0 aliphatic rings. The molecule has 0 fully saturated rings. The van der Waals surface area contributed by atoms with Gasteiger partial charge in [-0.3, -0.25) is 9.20 Å². The minimum absolute atomic E-state index is 0.0141. The van der Waals surface area contributed by atoms with Gasteiger partial charge in [0.2, 0.25) is 0 Å². The fraction of sp³-hybridized carbons (Fsp3) is 0.400. The Hall–Kier alpha value is -2.14. The maximum Gasteiger partial charge on any atom is 0.259 e. The summed E-state index contributed by atoms with van der Waals surface area (Å²) in [4.78, 5) is 17.7. The molecule has 0 spiro atoms. The monoisotopic (exact) mass is 355 g/mol. The number of fused-ring (bicyclic) bond motifs is 1. The number of aryl methyl sites for hydroxylation is 1. The average molecular weight is 356 g/mol. The molecule has 0 aliphatic heterocycles. The van der Waals surface area contributed by atoms with Gasteiger partial charge in [0.1, 0.15) is 0 Å². The fourth-order valence-corrected chi connectivity index (χ4v) is 3.85. The number of rotatable bonds is 5. The van der Waals surface area contributed by atoms with Crippen molar-refractivity contribution in [2.75, 3.05) is 5.32 Å². The molecule has 4 nitrogen and oxygen atoms in total. The zero-order valence-corrected chi connectivity index (χ0v) is 16.3. The van der Waals surface area contributed by atoms with Crippen LogP contribution in [0.4, 0.5) is 5.69 Å². The van der Waals surface area contributed by atoms with Gasteiger partial charge in [0, 0.05) is 22.8 Å². The predicted octanol–water partition coefficient (Wildman–Crippen LogP) is 4.92. The lowest BCUT2D eigenvalue weighted by Crippen LogP contribution is -2.16. The highest BCUT2D eigenvalue weighted by Gasteiger charge is 2.11. The standard InChI is InChI=1S/C20H25N3OS/c1-12(2)15-6-7-18(17(8-15)13(3)4)21-10-16-9-19(24)23-14(5)11-25-20(23)22-16/h6-9,11-13,21H,10H2,1-5H3. The molecule has 0 saturated heterocycles. The Labute approximate surface area is 152 Å². The Kier molecular flexibility index (Phi) is 4.95. The minimum atomic E-state index is -0.0141. The molecule has 0 aliphatic carbocycles. The van der Waals surface area contributed by atoms with Crippen molar-refractivity contribution < 1.29 is 0 Å². The van der Waals surface area contributed by atoms with E-state index in [0.717, 1.165) is 22.0 Å². The molecule has 0 radical (unpaired) electrons. The summed E-state index contributed by atoms with van der Waals surface area (Å²) < 4.78 is 1.66. The third-order valence-corrected chi connectivity index (χ3v) is 5.40. The molecule has 1 N–H and O–H groups in total. The molecule has 0 atom stereocenters. The van der Waals surface area contributed by atoms with Gasteiger partial charge in [-0.25, -0.2) is 4.98 Å². The van der Waals surface area contributed by atoms with Crippen molar-refractivity contribution in [3.05, 3.63) is 62.5 Å². The maximum absolute atomic E-state index is 12.3. The van der Waals surface area contributed by atoms with Gasteiger partial charge in [0.25, 0.3) is 5.56 Å². The molecular formula is C20H25N3OS. The highest BCUT2D eigenvalue weighted by atomic mass is 32.1. The number of nitrogens with one attached hydrogen (secondary N) is 1. The summed E-state index contributed by atoms with van der Waals surface area (Å²) in [6.07, 6.45) is 0. The molecule has 2 aromatic heterocycles. The van der Waals surface area contributed by atoms with Gasteiger partial charge in [-0.15, -0.1) is 11.3 Å². The lowest BCUT2D eigenvalue weighted by Gasteiger charge is -2.17. The Balaban J connectivity index is 1.87. The van der Waals surface area contributed by atoms with E-state index in [2.05, 4.69) is 56.2 Å². The second-order valence-electron chi connectivity index (χ2n) is 7.09. The number of hydrogen-bond acceptors (Lipinski definition) is 4. The first-order valence-electron chi connectivity index (χ1n) is 8.71. The van der Waals surface area contributed by atoms with Crippen LogP contribution < -0.4 is 10.9 Å². The van der Waals surface area contributed by atoms with Crippen molar-refractivity contribution >= 4 is 22.0 Å². The van der Waals surface area contributed by atoms with Crippen LogP contribution in [0.25, 0.3) is 4.96 Å². The topological polar surface area (TPSA) is 46.4 Å². The van der Waals surface area contributed by atoms with Gasteiger partial charge < -0.3 is 5.32 Å². The van der Waals surface area contributed by atoms with Gasteiger partial charge >= 0.3 is 0 Å². The van der Waals surface area contributed by atoms with Crippen LogP contribution in [0.5, 0.6) is 0 Å². The summed E-state index contributed by atoms with van der Waals surface area (Å²) in [5.74, 6) is 0.944. The molecule has 5 heteroatoms. The molecule has 0 bridgehead atoms. The van der Waals surface area contributed by atoms with Crippen LogP contribution in [-0.4, -0.2) is 9.38 Å². The van der Waals surface area contributed by atoms with Gasteiger partial charge in [-0.05, 0) is 36.0 Å². The van der Waals surface area contributed by atoms with Crippen LogP contribution in [0.1, 0.15) is 62.0 Å². The van der Waals surface area contributed by atoms with E-state index in [1.807, 2.05) is 12.3 Å². The number of hydrogen-bond donors (Lipinski definition) is 1. The van der Waals surface area contributed by atoms with Crippen molar-refractivity contribution in [3.63, 3.8) is 0 Å². The zero-order chi connectivity index (χ0) is 18.1. The van der Waals surface area contributed by atoms with E-state index in [1.54, 1.807) is 10.5 Å². The quantitative estimate of drug-likeness (QED) is 0.706. The van der Waals surface area contributed by atoms with Crippen molar-refractivity contribution in [3.8, 4) is 0 Å². The summed E-state index contributed by atoms with van der Waals surface area (Å²) in [7, 11) is 0. The predicted molar refractivity (Wildman–Crippen MR) is 106 cm³/mol. The second kappa shape index (κ2) is 7.00. The van der Waals surface area contributed by atoms with Crippen LogP contribution in [0.2, 0.25) is 0 Å². The Morgan fingerprint density at radius 3 is 2.60 bits per heavy atom. The zero-order valence-electron chi connectivity index (χ0n) is 15.5. The number of nitrogens with zero attached hydrogens (tertiary/aromatic N) is 2. The van der Waals surface area contributed by atoms with Crippen LogP contribution in [0.3, 0.4) is 0 Å². The number of benzene rings is 1. The third kappa shape index (κ3) is 3.61. The first-order valence-corrected chi connectivity index (χ1v) is 9.59. The molecule has 132 valence electrons. The smallest absolute Gasteiger partial charge is 0.259 e. The van der Waals surface area contributed by atoms with Crippen molar-refractivity contribution in [2.45, 2.75) is 53.0 Å². The third-order valence-electron chi connectivity index (χ3n) is 4.45. The Morgan fingerprint density at radius 1 is 1.16 bits per heavy atom. The second-order valence-corrected chi connectivity index (χ2v) is 7.93. The number of aromatic nitrogens is 2. The van der Waals surface area contributed by atoms with Crippen LogP contribution in [0.15, 0.2) is 34.4 Å². The van der Waals surface area contributed by atoms with Gasteiger partial charge in [0.15, 0.2) is 4.96 Å². The number of anilines is 1. The highest BCUT2D eigenvalue weighted by molar-refractivity contribution is 7.15. The lowest BCUT2D eigenvalue weighted by molar-refractivity contribution is 0.832. The molecule has 2 heterocycles. The molecule has 1 aromatic carbocycles. The summed E-state index contributed by atoms with van der Waals surface area (Å²) in [5, 5.41) is 5.43. The Bertz CT molecular complexity index is 953. The van der Waals surface area contributed by atoms with E-state index in [0.29, 0.717) is 18.4 Å². The van der Waals surface area contributed by atoms with E-state index in [1.165, 1.54) is 22.5 Å². The fourth-order valence-electron chi connectivity index (χ4n) is 2.96. The van der Waals surface area contributed by atoms with E-state index >= 15 is 0 Å². The van der Waals surface area contributed by atoms with Gasteiger partial charge in [-0.1, -0.05) is 39.8 Å². The van der Waals surface area contributed by atoms with Crippen LogP contribution in [-0.2, 0) is 6.54 Å². The summed E-state index contributed by atoms with van der Waals surface area (Å²) >= 11 is 1.50. The largest absolute Gasteiger partial charge is 0.379 e. The van der Waals surface area contributed by atoms with Gasteiger partial charge in [0.05, 0.1) is 12.2 Å². The summed E-state index contributed by atoms with van der Waals surface area (Å²) in [5.41, 5.74) is 5.46. The van der Waals surface area contributed by atoms with Crippen molar-refractivity contribution in [1.82, 2.24) is 9.38 Å². The molecule has 0 amide bonds. The first-order chi connectivity index (χ1) is 11.9. The van der Waals surface area contributed by atoms with Crippen molar-refractivity contribution in [1.29, 1.82) is 0 Å². The Morgan fingerprint density at radius 2 is 1.92 bits per heavy atom. The maximum atomic E-state index is 12.3. The van der Waals surface area contributed by atoms with E-state index in [4.69, 9.17) is 0 Å². The van der Waals surface area contributed by atoms with Gasteiger partial charge in [-0.2, -0.15) is 0 Å². The minimum Gasteiger partial charge on any atom is -0.379 e. The SMILES string of the molecule is Cc1csc2nc(CNc3ccc(C(C)C)cc3C(C)C)cc(=O)n12. The molecule has 3 aromatic rings. The molecule has 25 heavy (non-hydrogen) atoms. The number of thiazole rings is 1. The molecule has 0 saturated carbocycles. The van der Waals surface area contributed by atoms with E-state index < -0.39 is 0 Å². The van der Waals surface area contributed by atoms with Crippen LogP contribution >= 0.6 is 11.3 Å². The summed E-state index contributed by atoms with van der Waals surface area (Å²) in [6.45, 7) is 11.3. The first kappa shape index (κ1) is 17.7. The molecule has 0 unspecified atom stereocenters. The van der Waals surface area contributed by atoms with Crippen LogP contribution in [0, 0.1) is 6.92 Å². The molecular weight excluding hydrogens is 330 g/mol. The van der Waals surface area contributed by atoms with E-state index in [-0.39, 0.29) is 5.56 Å². The highest BCUT2D eigenvalue weighted by Crippen LogP contribution is 2.28. The van der Waals surface area contributed by atoms with E-state index in [9.17, 15) is 4.79 Å². The van der Waals surface area contributed by atoms with Crippen molar-refractivity contribution in [2.24, 2.45) is 0 Å².